The predicted octanol–water partition coefficient (Wildman–Crippen LogP) is 3.39. The smallest absolute Gasteiger partial charge is 0.191 e. The minimum absolute atomic E-state index is 0.612. The summed E-state index contributed by atoms with van der Waals surface area (Å²) < 4.78 is 11.7. The van der Waals surface area contributed by atoms with Crippen molar-refractivity contribution in [2.75, 3.05) is 21.3 Å². The van der Waals surface area contributed by atoms with E-state index in [1.54, 1.807) is 32.6 Å². The molecule has 23 heavy (non-hydrogen) atoms. The lowest BCUT2D eigenvalue weighted by atomic mass is 10.2. The molecule has 0 fully saturated rings. The summed E-state index contributed by atoms with van der Waals surface area (Å²) in [6.45, 7) is 1.34. The molecular formula is C16H20BrN3O2S. The van der Waals surface area contributed by atoms with Crippen molar-refractivity contribution in [3.8, 4) is 11.5 Å². The van der Waals surface area contributed by atoms with Crippen LogP contribution in [0, 0.1) is 0 Å². The SMILES string of the molecule is CN=C(NCc1ccc(Br)s1)NCc1ccc(OC)cc1OC. The zero-order chi connectivity index (χ0) is 16.7. The first-order chi connectivity index (χ1) is 11.2. The lowest BCUT2D eigenvalue weighted by molar-refractivity contribution is 0.390. The average Bonchev–Trinajstić information content (AvgIpc) is 3.00. The van der Waals surface area contributed by atoms with Gasteiger partial charge in [-0.1, -0.05) is 0 Å². The highest BCUT2D eigenvalue weighted by Gasteiger charge is 2.06. The minimum Gasteiger partial charge on any atom is -0.497 e. The van der Waals surface area contributed by atoms with Gasteiger partial charge in [0.1, 0.15) is 11.5 Å². The largest absolute Gasteiger partial charge is 0.497 e. The van der Waals surface area contributed by atoms with Gasteiger partial charge < -0.3 is 20.1 Å². The molecule has 2 aromatic rings. The van der Waals surface area contributed by atoms with E-state index in [0.29, 0.717) is 6.54 Å². The standard InChI is InChI=1S/C16H20BrN3O2S/c1-18-16(20-10-13-6-7-15(17)23-13)19-9-11-4-5-12(21-2)8-14(11)22-3/h4-8H,9-10H2,1-3H3,(H2,18,19,20). The van der Waals surface area contributed by atoms with Crippen molar-refractivity contribution < 1.29 is 9.47 Å². The fraction of sp³-hybridized carbons (Fsp3) is 0.312. The Bertz CT molecular complexity index is 673. The van der Waals surface area contributed by atoms with E-state index in [4.69, 9.17) is 9.47 Å². The Morgan fingerprint density at radius 1 is 1.13 bits per heavy atom. The van der Waals surface area contributed by atoms with Gasteiger partial charge >= 0.3 is 0 Å². The highest BCUT2D eigenvalue weighted by molar-refractivity contribution is 9.11. The van der Waals surface area contributed by atoms with Gasteiger partial charge in [0.2, 0.25) is 0 Å². The van der Waals surface area contributed by atoms with Gasteiger partial charge in [0, 0.05) is 30.1 Å². The topological polar surface area (TPSA) is 54.9 Å². The van der Waals surface area contributed by atoms with Crippen LogP contribution >= 0.6 is 27.3 Å². The molecule has 5 nitrogen and oxygen atoms in total. The molecule has 0 saturated heterocycles. The van der Waals surface area contributed by atoms with Crippen LogP contribution in [-0.2, 0) is 13.1 Å². The summed E-state index contributed by atoms with van der Waals surface area (Å²) in [6.07, 6.45) is 0. The first-order valence-electron chi connectivity index (χ1n) is 7.06. The number of nitrogens with zero attached hydrogens (tertiary/aromatic N) is 1. The molecule has 0 radical (unpaired) electrons. The molecule has 7 heteroatoms. The highest BCUT2D eigenvalue weighted by atomic mass is 79.9. The van der Waals surface area contributed by atoms with Gasteiger partial charge in [-0.3, -0.25) is 4.99 Å². The Kier molecular flexibility index (Phi) is 6.73. The Balaban J connectivity index is 1.92. The first-order valence-corrected chi connectivity index (χ1v) is 8.67. The molecule has 0 aliphatic carbocycles. The monoisotopic (exact) mass is 397 g/mol. The maximum atomic E-state index is 5.40. The van der Waals surface area contributed by atoms with Crippen molar-refractivity contribution in [2.45, 2.75) is 13.1 Å². The van der Waals surface area contributed by atoms with Crippen molar-refractivity contribution in [2.24, 2.45) is 4.99 Å². The number of guanidine groups is 1. The Labute approximate surface area is 148 Å². The van der Waals surface area contributed by atoms with Crippen molar-refractivity contribution in [1.29, 1.82) is 0 Å². The number of ether oxygens (including phenoxy) is 2. The third-order valence-electron chi connectivity index (χ3n) is 3.22. The van der Waals surface area contributed by atoms with Crippen LogP contribution in [0.5, 0.6) is 11.5 Å². The first kappa shape index (κ1) is 17.6. The number of hydrogen-bond donors (Lipinski definition) is 2. The maximum absolute atomic E-state index is 5.40. The molecule has 2 N–H and O–H groups in total. The van der Waals surface area contributed by atoms with Crippen LogP contribution in [0.1, 0.15) is 10.4 Å². The Hall–Kier alpha value is -1.73. The second-order valence-electron chi connectivity index (χ2n) is 4.66. The normalized spacial score (nSPS) is 11.2. The average molecular weight is 398 g/mol. The molecule has 0 unspecified atom stereocenters. The summed E-state index contributed by atoms with van der Waals surface area (Å²) in [4.78, 5) is 5.47. The molecule has 124 valence electrons. The lowest BCUT2D eigenvalue weighted by Crippen LogP contribution is -2.36. The molecule has 0 saturated carbocycles. The number of thiophene rings is 1. The van der Waals surface area contributed by atoms with Crippen molar-refractivity contribution in [1.82, 2.24) is 10.6 Å². The molecule has 1 aromatic carbocycles. The van der Waals surface area contributed by atoms with Crippen molar-refractivity contribution in [3.63, 3.8) is 0 Å². The van der Waals surface area contributed by atoms with E-state index in [0.717, 1.165) is 33.4 Å². The summed E-state index contributed by atoms with van der Waals surface area (Å²) >= 11 is 5.17. The van der Waals surface area contributed by atoms with Crippen molar-refractivity contribution >= 4 is 33.2 Å². The number of benzene rings is 1. The maximum Gasteiger partial charge on any atom is 0.191 e. The molecule has 0 bridgehead atoms. The number of halogens is 1. The van der Waals surface area contributed by atoms with E-state index < -0.39 is 0 Å². The van der Waals surface area contributed by atoms with E-state index in [1.807, 2.05) is 24.3 Å². The number of aliphatic imine (C=N–C) groups is 1. The van der Waals surface area contributed by atoms with E-state index in [-0.39, 0.29) is 0 Å². The predicted molar refractivity (Wildman–Crippen MR) is 98.6 cm³/mol. The molecule has 0 atom stereocenters. The van der Waals surface area contributed by atoms with Crippen LogP contribution in [0.15, 0.2) is 39.1 Å². The number of methoxy groups -OCH3 is 2. The molecule has 0 spiro atoms. The number of nitrogens with one attached hydrogen (secondary N) is 2. The highest BCUT2D eigenvalue weighted by Crippen LogP contribution is 2.24. The molecule has 0 aliphatic heterocycles. The van der Waals surface area contributed by atoms with E-state index in [2.05, 4.69) is 37.6 Å². The molecule has 1 aromatic heterocycles. The van der Waals surface area contributed by atoms with Crippen molar-refractivity contribution in [3.05, 3.63) is 44.6 Å². The van der Waals surface area contributed by atoms with E-state index in [1.165, 1.54) is 4.88 Å². The van der Waals surface area contributed by atoms with Crippen LogP contribution in [0.4, 0.5) is 0 Å². The van der Waals surface area contributed by atoms with Gasteiger partial charge in [-0.25, -0.2) is 0 Å². The van der Waals surface area contributed by atoms with Crippen LogP contribution in [-0.4, -0.2) is 27.2 Å². The fourth-order valence-corrected chi connectivity index (χ4v) is 3.44. The Morgan fingerprint density at radius 2 is 1.91 bits per heavy atom. The summed E-state index contributed by atoms with van der Waals surface area (Å²) in [5, 5.41) is 6.58. The number of hydrogen-bond acceptors (Lipinski definition) is 4. The second-order valence-corrected chi connectivity index (χ2v) is 7.21. The summed E-state index contributed by atoms with van der Waals surface area (Å²) in [5.74, 6) is 2.30. The van der Waals surface area contributed by atoms with Gasteiger partial charge in [0.15, 0.2) is 5.96 Å². The molecular weight excluding hydrogens is 378 g/mol. The summed E-state index contributed by atoms with van der Waals surface area (Å²) in [7, 11) is 5.05. The van der Waals surface area contributed by atoms with Crippen LogP contribution in [0.25, 0.3) is 0 Å². The number of rotatable bonds is 6. The van der Waals surface area contributed by atoms with Crippen LogP contribution in [0.3, 0.4) is 0 Å². The molecule has 0 aliphatic rings. The van der Waals surface area contributed by atoms with E-state index in [9.17, 15) is 0 Å². The van der Waals surface area contributed by atoms with Crippen LogP contribution in [0.2, 0.25) is 0 Å². The van der Waals surface area contributed by atoms with Gasteiger partial charge in [0.05, 0.1) is 24.6 Å². The van der Waals surface area contributed by atoms with Gasteiger partial charge in [-0.05, 0) is 40.2 Å². The Morgan fingerprint density at radius 3 is 2.52 bits per heavy atom. The molecule has 1 heterocycles. The fourth-order valence-electron chi connectivity index (χ4n) is 2.02. The lowest BCUT2D eigenvalue weighted by Gasteiger charge is -2.14. The van der Waals surface area contributed by atoms with Crippen LogP contribution < -0.4 is 20.1 Å². The quantitative estimate of drug-likeness (QED) is 0.579. The zero-order valence-electron chi connectivity index (χ0n) is 13.4. The minimum atomic E-state index is 0.612. The van der Waals surface area contributed by atoms with E-state index >= 15 is 0 Å². The second kappa shape index (κ2) is 8.79. The van der Waals surface area contributed by atoms with Gasteiger partial charge in [-0.2, -0.15) is 0 Å². The van der Waals surface area contributed by atoms with Gasteiger partial charge in [0.25, 0.3) is 0 Å². The zero-order valence-corrected chi connectivity index (χ0v) is 15.8. The third-order valence-corrected chi connectivity index (χ3v) is 4.85. The molecule has 2 rings (SSSR count). The third kappa shape index (κ3) is 5.14. The van der Waals surface area contributed by atoms with Gasteiger partial charge in [-0.15, -0.1) is 11.3 Å². The summed E-state index contributed by atoms with van der Waals surface area (Å²) in [5.41, 5.74) is 1.04. The summed E-state index contributed by atoms with van der Waals surface area (Å²) in [6, 6.07) is 9.89. The molecule has 0 amide bonds.